The monoisotopic (exact) mass is 823 g/mol. The largest absolute Gasteiger partial charge is 0.477 e. The molecule has 0 radical (unpaired) electrons. The van der Waals surface area contributed by atoms with Crippen molar-refractivity contribution in [2.45, 2.75) is 251 Å². The Balaban J connectivity index is 4.25. The van der Waals surface area contributed by atoms with Gasteiger partial charge in [0.15, 0.2) is 12.1 Å². The van der Waals surface area contributed by atoms with Gasteiger partial charge in [-0.15, -0.1) is 0 Å². The third kappa shape index (κ3) is 39.5. The van der Waals surface area contributed by atoms with Crippen molar-refractivity contribution < 1.29 is 38.2 Å². The highest BCUT2D eigenvalue weighted by atomic mass is 16.6. The number of nitrogens with zero attached hydrogens (tertiary/aromatic N) is 1. The molecule has 8 nitrogen and oxygen atoms in total. The Morgan fingerprint density at radius 2 is 0.862 bits per heavy atom. The van der Waals surface area contributed by atoms with Crippen molar-refractivity contribution in [1.29, 1.82) is 0 Å². The lowest BCUT2D eigenvalue weighted by Gasteiger charge is -2.31. The Hall–Kier alpha value is -1.93. The topological polar surface area (TPSA) is 99.1 Å². The van der Waals surface area contributed by atoms with Gasteiger partial charge in [-0.25, -0.2) is 4.79 Å². The first kappa shape index (κ1) is 56.1. The molecule has 0 spiro atoms. The van der Waals surface area contributed by atoms with Gasteiger partial charge in [0.1, 0.15) is 6.61 Å². The standard InChI is InChI=1S/C50H95NO7/c1-6-8-10-12-14-16-18-20-22-23-24-25-27-29-31-33-35-37-39-41-49(53)58-46(44-56-43-42-47(50(54)55)51(3,4)5)45-57-48(52)40-38-36-34-32-30-28-26-21-19-17-15-13-11-9-7-2/h23-24,46-47H,6-22,25-45H2,1-5H3/p+1/b24-23+. The summed E-state index contributed by atoms with van der Waals surface area (Å²) >= 11 is 0. The van der Waals surface area contributed by atoms with Crippen molar-refractivity contribution in [3.63, 3.8) is 0 Å². The zero-order chi connectivity index (χ0) is 42.8. The van der Waals surface area contributed by atoms with Gasteiger partial charge in [-0.2, -0.15) is 0 Å². The molecule has 0 saturated heterocycles. The maximum absolute atomic E-state index is 12.8. The van der Waals surface area contributed by atoms with Gasteiger partial charge in [0.2, 0.25) is 0 Å². The van der Waals surface area contributed by atoms with E-state index in [9.17, 15) is 19.5 Å². The van der Waals surface area contributed by atoms with Gasteiger partial charge in [-0.1, -0.05) is 193 Å². The maximum atomic E-state index is 12.8. The van der Waals surface area contributed by atoms with E-state index in [0.29, 0.717) is 19.3 Å². The number of carbonyl (C=O) groups excluding carboxylic acids is 2. The molecule has 0 rings (SSSR count). The summed E-state index contributed by atoms with van der Waals surface area (Å²) in [5, 5.41) is 9.64. The molecule has 2 atom stereocenters. The molecule has 0 aliphatic carbocycles. The van der Waals surface area contributed by atoms with Gasteiger partial charge in [0.05, 0.1) is 34.4 Å². The number of esters is 2. The summed E-state index contributed by atoms with van der Waals surface area (Å²) in [6.07, 6.45) is 45.4. The number of carboxylic acids is 1. The number of aliphatic carboxylic acids is 1. The lowest BCUT2D eigenvalue weighted by molar-refractivity contribution is -0.887. The number of likely N-dealkylation sites (N-methyl/N-ethyl adjacent to an activating group) is 1. The average Bonchev–Trinajstić information content (AvgIpc) is 3.18. The summed E-state index contributed by atoms with van der Waals surface area (Å²) in [4.78, 5) is 37.1. The predicted molar refractivity (Wildman–Crippen MR) is 243 cm³/mol. The smallest absolute Gasteiger partial charge is 0.362 e. The van der Waals surface area contributed by atoms with E-state index in [2.05, 4.69) is 26.0 Å². The molecule has 0 aromatic rings. The zero-order valence-corrected chi connectivity index (χ0v) is 39.0. The lowest BCUT2D eigenvalue weighted by atomic mass is 10.0. The SMILES string of the molecule is CCCCCCCCCC/C=C/CCCCCCCCCC(=O)OC(COCCC(C(=O)O)[N+](C)(C)C)COC(=O)CCCCCCCCCCCCCCCCC. The minimum absolute atomic E-state index is 0.0462. The van der Waals surface area contributed by atoms with Crippen molar-refractivity contribution in [3.05, 3.63) is 12.2 Å². The Morgan fingerprint density at radius 1 is 0.500 bits per heavy atom. The molecule has 0 bridgehead atoms. The first-order valence-corrected chi connectivity index (χ1v) is 24.7. The van der Waals surface area contributed by atoms with Gasteiger partial charge in [0.25, 0.3) is 0 Å². The van der Waals surface area contributed by atoms with Crippen LogP contribution in [0.15, 0.2) is 12.2 Å². The van der Waals surface area contributed by atoms with Crippen LogP contribution in [0.5, 0.6) is 0 Å². The fraction of sp³-hybridized carbons (Fsp3) is 0.900. The molecular weight excluding hydrogens is 727 g/mol. The van der Waals surface area contributed by atoms with Gasteiger partial charge in [0, 0.05) is 19.3 Å². The quantitative estimate of drug-likeness (QED) is 0.0283. The van der Waals surface area contributed by atoms with Crippen LogP contribution in [0.25, 0.3) is 0 Å². The summed E-state index contributed by atoms with van der Waals surface area (Å²) < 4.78 is 17.3. The van der Waals surface area contributed by atoms with Crippen LogP contribution in [0.2, 0.25) is 0 Å². The Labute approximate surface area is 359 Å². The van der Waals surface area contributed by atoms with Crippen LogP contribution in [0.4, 0.5) is 0 Å². The van der Waals surface area contributed by atoms with E-state index < -0.39 is 18.1 Å². The third-order valence-electron chi connectivity index (χ3n) is 11.4. The fourth-order valence-electron chi connectivity index (χ4n) is 7.56. The summed E-state index contributed by atoms with van der Waals surface area (Å²) in [6, 6.07) is -0.611. The number of ether oxygens (including phenoxy) is 3. The first-order valence-electron chi connectivity index (χ1n) is 24.7. The second-order valence-electron chi connectivity index (χ2n) is 18.1. The molecule has 1 N–H and O–H groups in total. The minimum Gasteiger partial charge on any atom is -0.477 e. The lowest BCUT2D eigenvalue weighted by Crippen LogP contribution is -2.50. The van der Waals surface area contributed by atoms with Crippen molar-refractivity contribution in [2.24, 2.45) is 0 Å². The molecule has 0 aliphatic rings. The van der Waals surface area contributed by atoms with Crippen LogP contribution in [0.3, 0.4) is 0 Å². The van der Waals surface area contributed by atoms with Crippen LogP contribution in [-0.4, -0.2) is 80.6 Å². The number of unbranched alkanes of at least 4 members (excludes halogenated alkanes) is 29. The van der Waals surface area contributed by atoms with Gasteiger partial charge in [-0.05, 0) is 38.5 Å². The van der Waals surface area contributed by atoms with Crippen molar-refractivity contribution in [2.75, 3.05) is 41.0 Å². The highest BCUT2D eigenvalue weighted by molar-refractivity contribution is 5.72. The number of carboxylic acid groups (broad SMARTS) is 1. The molecule has 8 heteroatoms. The molecule has 2 unspecified atom stereocenters. The molecule has 342 valence electrons. The summed E-state index contributed by atoms with van der Waals surface area (Å²) in [5.74, 6) is -1.45. The molecule has 58 heavy (non-hydrogen) atoms. The molecule has 0 saturated carbocycles. The second kappa shape index (κ2) is 41.8. The maximum Gasteiger partial charge on any atom is 0.362 e. The Morgan fingerprint density at radius 3 is 1.24 bits per heavy atom. The van der Waals surface area contributed by atoms with Crippen LogP contribution in [-0.2, 0) is 28.6 Å². The highest BCUT2D eigenvalue weighted by Crippen LogP contribution is 2.16. The number of carbonyl (C=O) groups is 3. The molecule has 0 fully saturated rings. The van der Waals surface area contributed by atoms with Crippen LogP contribution < -0.4 is 0 Å². The van der Waals surface area contributed by atoms with E-state index in [-0.39, 0.29) is 36.2 Å². The van der Waals surface area contributed by atoms with Gasteiger partial charge >= 0.3 is 17.9 Å². The number of allylic oxidation sites excluding steroid dienone is 2. The minimum atomic E-state index is -0.872. The molecule has 0 aromatic carbocycles. The summed E-state index contributed by atoms with van der Waals surface area (Å²) in [5.41, 5.74) is 0. The van der Waals surface area contributed by atoms with E-state index in [0.717, 1.165) is 38.5 Å². The number of hydrogen-bond acceptors (Lipinski definition) is 6. The number of quaternary nitrogens is 1. The first-order chi connectivity index (χ1) is 28.1. The van der Waals surface area contributed by atoms with Crippen molar-refractivity contribution >= 4 is 17.9 Å². The Kier molecular flexibility index (Phi) is 40.4. The third-order valence-corrected chi connectivity index (χ3v) is 11.4. The molecular formula is C50H96NO7+. The van der Waals surface area contributed by atoms with E-state index >= 15 is 0 Å². The highest BCUT2D eigenvalue weighted by Gasteiger charge is 2.31. The van der Waals surface area contributed by atoms with Crippen molar-refractivity contribution in [3.8, 4) is 0 Å². The molecule has 0 aromatic heterocycles. The zero-order valence-electron chi connectivity index (χ0n) is 39.0. The van der Waals surface area contributed by atoms with Gasteiger partial charge < -0.3 is 23.8 Å². The van der Waals surface area contributed by atoms with E-state index in [4.69, 9.17) is 14.2 Å². The van der Waals surface area contributed by atoms with Crippen LogP contribution in [0.1, 0.15) is 239 Å². The molecule has 0 aliphatic heterocycles. The molecule has 0 amide bonds. The fourth-order valence-corrected chi connectivity index (χ4v) is 7.56. The van der Waals surface area contributed by atoms with E-state index in [1.54, 1.807) is 0 Å². The van der Waals surface area contributed by atoms with E-state index in [1.165, 1.54) is 167 Å². The summed E-state index contributed by atoms with van der Waals surface area (Å²) in [7, 11) is 5.54. The normalized spacial score (nSPS) is 12.9. The summed E-state index contributed by atoms with van der Waals surface area (Å²) in [6.45, 7) is 4.77. The average molecular weight is 823 g/mol. The number of rotatable bonds is 45. The second-order valence-corrected chi connectivity index (χ2v) is 18.1. The van der Waals surface area contributed by atoms with Gasteiger partial charge in [-0.3, -0.25) is 9.59 Å². The predicted octanol–water partition coefficient (Wildman–Crippen LogP) is 13.9. The van der Waals surface area contributed by atoms with Crippen molar-refractivity contribution in [1.82, 2.24) is 0 Å². The Bertz CT molecular complexity index is 962. The van der Waals surface area contributed by atoms with Crippen LogP contribution in [0, 0.1) is 0 Å². The number of hydrogen-bond donors (Lipinski definition) is 1. The van der Waals surface area contributed by atoms with E-state index in [1.807, 2.05) is 21.1 Å². The molecule has 0 heterocycles. The van der Waals surface area contributed by atoms with Crippen LogP contribution >= 0.6 is 0 Å².